The number of pyridine rings is 1. The third-order valence-corrected chi connectivity index (χ3v) is 6.01. The normalized spacial score (nSPS) is 12.5. The van der Waals surface area contributed by atoms with Gasteiger partial charge in [-0.2, -0.15) is 0 Å². The second-order valence-electron chi connectivity index (χ2n) is 7.96. The summed E-state index contributed by atoms with van der Waals surface area (Å²) in [6.45, 7) is 6.48. The molecule has 2 aromatic heterocycles. The summed E-state index contributed by atoms with van der Waals surface area (Å²) in [5.41, 5.74) is 7.96. The molecule has 172 valence electrons. The number of hydrogen-bond donors (Lipinski definition) is 3. The number of rotatable bonds is 8. The van der Waals surface area contributed by atoms with E-state index < -0.39 is 6.10 Å². The summed E-state index contributed by atoms with van der Waals surface area (Å²) in [6, 6.07) is 12.6. The highest BCUT2D eigenvalue weighted by atomic mass is 35.5. The van der Waals surface area contributed by atoms with E-state index in [-0.39, 0.29) is 12.5 Å². The zero-order chi connectivity index (χ0) is 23.5. The van der Waals surface area contributed by atoms with E-state index in [1.807, 2.05) is 32.0 Å². The number of nitrogens with one attached hydrogen (secondary N) is 1. The van der Waals surface area contributed by atoms with Gasteiger partial charge in [-0.15, -0.1) is 0 Å². The number of furan rings is 1. The zero-order valence-electron chi connectivity index (χ0n) is 18.6. The van der Waals surface area contributed by atoms with E-state index in [0.717, 1.165) is 29.2 Å². The molecule has 1 atom stereocenters. The van der Waals surface area contributed by atoms with Crippen LogP contribution in [0.3, 0.4) is 0 Å². The average Bonchev–Trinajstić information content (AvgIpc) is 3.23. The van der Waals surface area contributed by atoms with Gasteiger partial charge in [-0.3, -0.25) is 4.79 Å². The number of carbonyl (C=O) groups is 1. The van der Waals surface area contributed by atoms with Gasteiger partial charge in [0.25, 0.3) is 5.91 Å². The molecule has 4 N–H and O–H groups in total. The van der Waals surface area contributed by atoms with Crippen LogP contribution in [0.5, 0.6) is 0 Å². The molecule has 0 aliphatic heterocycles. The highest BCUT2D eigenvalue weighted by Crippen LogP contribution is 2.37. The quantitative estimate of drug-likeness (QED) is 0.357. The van der Waals surface area contributed by atoms with Crippen LogP contribution in [0, 0.1) is 0 Å². The maximum Gasteiger partial charge on any atom is 0.251 e. The van der Waals surface area contributed by atoms with Crippen molar-refractivity contribution in [3.63, 3.8) is 0 Å². The molecule has 0 radical (unpaired) electrons. The van der Waals surface area contributed by atoms with Crippen LogP contribution in [0.15, 0.2) is 53.1 Å². The Labute approximate surface area is 197 Å². The molecular formula is C25H27ClN4O3. The van der Waals surface area contributed by atoms with Gasteiger partial charge in [-0.25, -0.2) is 4.98 Å². The fourth-order valence-corrected chi connectivity index (χ4v) is 4.10. The number of amides is 1. The van der Waals surface area contributed by atoms with Crippen LogP contribution in [0.1, 0.15) is 24.2 Å². The summed E-state index contributed by atoms with van der Waals surface area (Å²) in [6.07, 6.45) is 1.07. The molecule has 4 aromatic rings. The van der Waals surface area contributed by atoms with Crippen molar-refractivity contribution in [3.8, 4) is 11.3 Å². The molecule has 1 amide bonds. The third kappa shape index (κ3) is 4.95. The van der Waals surface area contributed by atoms with Crippen molar-refractivity contribution >= 4 is 45.1 Å². The van der Waals surface area contributed by atoms with Crippen molar-refractivity contribution in [1.29, 1.82) is 0 Å². The van der Waals surface area contributed by atoms with E-state index in [1.54, 1.807) is 30.5 Å². The van der Waals surface area contributed by atoms with Gasteiger partial charge >= 0.3 is 0 Å². The molecule has 0 saturated carbocycles. The van der Waals surface area contributed by atoms with E-state index in [9.17, 15) is 9.90 Å². The number of anilines is 1. The number of fused-ring (bicyclic) bond motifs is 2. The van der Waals surface area contributed by atoms with Crippen molar-refractivity contribution < 1.29 is 14.3 Å². The number of aliphatic hydroxyl groups excluding tert-OH is 1. The Morgan fingerprint density at radius 3 is 2.73 bits per heavy atom. The molecule has 0 bridgehead atoms. The summed E-state index contributed by atoms with van der Waals surface area (Å²) in [7, 11) is 0. The molecule has 0 aliphatic carbocycles. The molecule has 8 heteroatoms. The largest absolute Gasteiger partial charge is 0.456 e. The Hall–Kier alpha value is -3.13. The molecular weight excluding hydrogens is 440 g/mol. The van der Waals surface area contributed by atoms with Gasteiger partial charge in [0, 0.05) is 40.6 Å². The van der Waals surface area contributed by atoms with Gasteiger partial charge in [0.05, 0.1) is 11.7 Å². The lowest BCUT2D eigenvalue weighted by Gasteiger charge is -2.22. The second-order valence-corrected chi connectivity index (χ2v) is 8.40. The van der Waals surface area contributed by atoms with Gasteiger partial charge < -0.3 is 25.5 Å². The Balaban J connectivity index is 1.58. The van der Waals surface area contributed by atoms with Crippen molar-refractivity contribution in [2.24, 2.45) is 0 Å². The molecule has 0 aliphatic rings. The van der Waals surface area contributed by atoms with Crippen LogP contribution in [0.4, 0.5) is 5.82 Å². The number of carbonyl (C=O) groups excluding carboxylic acids is 1. The van der Waals surface area contributed by atoms with Crippen LogP contribution in [0.25, 0.3) is 33.1 Å². The molecule has 0 spiro atoms. The first-order valence-corrected chi connectivity index (χ1v) is 11.3. The number of nitrogens with zero attached hydrogens (tertiary/aromatic N) is 2. The lowest BCUT2D eigenvalue weighted by atomic mass is 10.0. The minimum Gasteiger partial charge on any atom is -0.456 e. The van der Waals surface area contributed by atoms with Crippen LogP contribution in [-0.2, 0) is 0 Å². The van der Waals surface area contributed by atoms with Gasteiger partial charge in [0.15, 0.2) is 0 Å². The number of nitrogen functional groups attached to an aromatic ring is 1. The monoisotopic (exact) mass is 466 g/mol. The number of halogens is 1. The summed E-state index contributed by atoms with van der Waals surface area (Å²) < 4.78 is 6.04. The summed E-state index contributed by atoms with van der Waals surface area (Å²) in [5.74, 6) is 0.635. The van der Waals surface area contributed by atoms with E-state index >= 15 is 0 Å². The molecule has 4 rings (SSSR count). The van der Waals surface area contributed by atoms with Gasteiger partial charge in [0.1, 0.15) is 17.2 Å². The van der Waals surface area contributed by atoms with E-state index in [4.69, 9.17) is 21.8 Å². The lowest BCUT2D eigenvalue weighted by molar-refractivity contribution is 0.0869. The first kappa shape index (κ1) is 23.0. The topological polar surface area (TPSA) is 105 Å². The summed E-state index contributed by atoms with van der Waals surface area (Å²) >= 11 is 6.20. The average molecular weight is 467 g/mol. The minimum absolute atomic E-state index is 0.184. The Kier molecular flexibility index (Phi) is 6.83. The molecule has 33 heavy (non-hydrogen) atoms. The Bertz CT molecular complexity index is 1290. The van der Waals surface area contributed by atoms with Crippen molar-refractivity contribution in [2.75, 3.05) is 31.9 Å². The number of aromatic nitrogens is 1. The molecule has 0 saturated heterocycles. The number of likely N-dealkylation sites (N-methyl/N-ethyl adjacent to an activating group) is 1. The maximum absolute atomic E-state index is 12.6. The smallest absolute Gasteiger partial charge is 0.251 e. The maximum atomic E-state index is 12.6. The predicted octanol–water partition coefficient (Wildman–Crippen LogP) is 4.32. The van der Waals surface area contributed by atoms with E-state index in [0.29, 0.717) is 39.9 Å². The van der Waals surface area contributed by atoms with Crippen molar-refractivity contribution in [2.45, 2.75) is 20.0 Å². The molecule has 7 nitrogen and oxygen atoms in total. The van der Waals surface area contributed by atoms with E-state index in [2.05, 4.69) is 15.2 Å². The second kappa shape index (κ2) is 9.79. The molecule has 1 unspecified atom stereocenters. The van der Waals surface area contributed by atoms with Crippen LogP contribution in [0.2, 0.25) is 5.02 Å². The number of nitrogens with two attached hydrogens (primary N) is 1. The standard InChI is InChI=1S/C25H27ClN4O3/c1-3-30(4-2)14-19(31)13-29-25(32)15-6-8-21-17(9-15)10-22(33-21)23-20-11-18(26)7-5-16(20)12-28-24(23)27/h5-12,19,31H,3-4,13-14H2,1-2H3,(H2,27,28)(H,29,32). The summed E-state index contributed by atoms with van der Waals surface area (Å²) in [5, 5.41) is 16.1. The Morgan fingerprint density at radius 1 is 1.18 bits per heavy atom. The lowest BCUT2D eigenvalue weighted by Crippen LogP contribution is -2.40. The van der Waals surface area contributed by atoms with Crippen LogP contribution < -0.4 is 11.1 Å². The first-order chi connectivity index (χ1) is 15.9. The highest BCUT2D eigenvalue weighted by molar-refractivity contribution is 6.31. The van der Waals surface area contributed by atoms with Crippen LogP contribution >= 0.6 is 11.6 Å². The highest BCUT2D eigenvalue weighted by Gasteiger charge is 2.17. The minimum atomic E-state index is -0.633. The number of hydrogen-bond acceptors (Lipinski definition) is 6. The predicted molar refractivity (Wildman–Crippen MR) is 133 cm³/mol. The number of aliphatic hydroxyl groups is 1. The molecule has 2 heterocycles. The molecule has 0 fully saturated rings. The van der Waals surface area contributed by atoms with Gasteiger partial charge in [-0.05, 0) is 54.9 Å². The molecule has 2 aromatic carbocycles. The number of benzene rings is 2. The third-order valence-electron chi connectivity index (χ3n) is 5.77. The van der Waals surface area contributed by atoms with Gasteiger partial charge in [-0.1, -0.05) is 31.5 Å². The SMILES string of the molecule is CCN(CC)CC(O)CNC(=O)c1ccc2oc(-c3c(N)ncc4ccc(Cl)cc34)cc2c1. The fourth-order valence-electron chi connectivity index (χ4n) is 3.92. The fraction of sp³-hybridized carbons (Fsp3) is 0.280. The zero-order valence-corrected chi connectivity index (χ0v) is 19.4. The van der Waals surface area contributed by atoms with Crippen molar-refractivity contribution in [1.82, 2.24) is 15.2 Å². The Morgan fingerprint density at radius 2 is 1.97 bits per heavy atom. The van der Waals surface area contributed by atoms with E-state index in [1.165, 1.54) is 0 Å². The van der Waals surface area contributed by atoms with Crippen LogP contribution in [-0.4, -0.2) is 53.2 Å². The first-order valence-electron chi connectivity index (χ1n) is 11.0. The van der Waals surface area contributed by atoms with Crippen molar-refractivity contribution in [3.05, 3.63) is 59.2 Å². The summed E-state index contributed by atoms with van der Waals surface area (Å²) in [4.78, 5) is 19.0. The van der Waals surface area contributed by atoms with Gasteiger partial charge in [0.2, 0.25) is 0 Å².